The summed E-state index contributed by atoms with van der Waals surface area (Å²) in [5.74, 6) is -0.741. The zero-order valence-corrected chi connectivity index (χ0v) is 13.2. The lowest BCUT2D eigenvalue weighted by atomic mass is 10.1. The maximum Gasteiger partial charge on any atom is 0.241 e. The molecule has 0 bridgehead atoms. The van der Waals surface area contributed by atoms with Crippen LogP contribution in [-0.4, -0.2) is 36.9 Å². The molecular weight excluding hydrogens is 327 g/mol. The number of benzene rings is 1. The Bertz CT molecular complexity index is 494. The summed E-state index contributed by atoms with van der Waals surface area (Å²) in [7, 11) is 1.67. The van der Waals surface area contributed by atoms with E-state index in [2.05, 4.69) is 21.2 Å². The zero-order valence-electron chi connectivity index (χ0n) is 11.6. The Morgan fingerprint density at radius 1 is 1.40 bits per heavy atom. The van der Waals surface area contributed by atoms with E-state index in [9.17, 15) is 14.0 Å². The van der Waals surface area contributed by atoms with Crippen LogP contribution in [0.3, 0.4) is 0 Å². The van der Waals surface area contributed by atoms with Gasteiger partial charge in [0.15, 0.2) is 0 Å². The van der Waals surface area contributed by atoms with E-state index in [1.54, 1.807) is 19.2 Å². The number of carbonyl (C=O) groups is 2. The van der Waals surface area contributed by atoms with Crippen molar-refractivity contribution in [3.8, 4) is 0 Å². The van der Waals surface area contributed by atoms with Gasteiger partial charge in [-0.15, -0.1) is 0 Å². The molecule has 0 aliphatic rings. The molecule has 0 unspecified atom stereocenters. The molecule has 110 valence electrons. The quantitative estimate of drug-likeness (QED) is 0.859. The summed E-state index contributed by atoms with van der Waals surface area (Å²) < 4.78 is 14.2. The van der Waals surface area contributed by atoms with Crippen LogP contribution in [0.1, 0.15) is 18.9 Å². The number of likely N-dealkylation sites (N-methyl/N-ethyl adjacent to an activating group) is 1. The number of hydrogen-bond donors (Lipinski definition) is 1. The Labute approximate surface area is 126 Å². The summed E-state index contributed by atoms with van der Waals surface area (Å²) in [6.45, 7) is 2.43. The first kappa shape index (κ1) is 16.6. The lowest BCUT2D eigenvalue weighted by Crippen LogP contribution is -2.38. The molecule has 1 rings (SSSR count). The van der Waals surface area contributed by atoms with Gasteiger partial charge in [0, 0.05) is 24.5 Å². The number of hydrogen-bond acceptors (Lipinski definition) is 2. The fourth-order valence-electron chi connectivity index (χ4n) is 1.55. The first-order valence-corrected chi connectivity index (χ1v) is 7.18. The second-order valence-electron chi connectivity index (χ2n) is 4.42. The van der Waals surface area contributed by atoms with E-state index in [1.165, 1.54) is 11.0 Å². The van der Waals surface area contributed by atoms with Crippen LogP contribution in [0.15, 0.2) is 22.7 Å². The van der Waals surface area contributed by atoms with E-state index in [0.717, 1.165) is 0 Å². The van der Waals surface area contributed by atoms with E-state index >= 15 is 0 Å². The van der Waals surface area contributed by atoms with Crippen molar-refractivity contribution in [1.29, 1.82) is 0 Å². The first-order valence-electron chi connectivity index (χ1n) is 6.38. The summed E-state index contributed by atoms with van der Waals surface area (Å²) in [6.07, 6.45) is 0.463. The fourth-order valence-corrected chi connectivity index (χ4v) is 1.88. The summed E-state index contributed by atoms with van der Waals surface area (Å²) in [5, 5.41) is 2.54. The molecule has 0 fully saturated rings. The van der Waals surface area contributed by atoms with Crippen LogP contribution in [-0.2, 0) is 16.0 Å². The molecule has 1 aromatic rings. The fraction of sp³-hybridized carbons (Fsp3) is 0.429. The van der Waals surface area contributed by atoms with Gasteiger partial charge >= 0.3 is 0 Å². The molecule has 0 saturated heterocycles. The van der Waals surface area contributed by atoms with Gasteiger partial charge in [-0.3, -0.25) is 9.59 Å². The topological polar surface area (TPSA) is 49.4 Å². The SMILES string of the molecule is CCN(C)C(=O)CNC(=O)CCc1ccc(Br)cc1F. The number of carbonyl (C=O) groups excluding carboxylic acids is 2. The van der Waals surface area contributed by atoms with Crippen molar-refractivity contribution in [2.24, 2.45) is 0 Å². The number of rotatable bonds is 6. The molecule has 0 radical (unpaired) electrons. The van der Waals surface area contributed by atoms with Crippen molar-refractivity contribution in [3.05, 3.63) is 34.1 Å². The average molecular weight is 345 g/mol. The molecule has 1 N–H and O–H groups in total. The predicted octanol–water partition coefficient (Wildman–Crippen LogP) is 2.12. The molecule has 6 heteroatoms. The molecule has 0 aromatic heterocycles. The molecule has 0 heterocycles. The van der Waals surface area contributed by atoms with Crippen molar-refractivity contribution >= 4 is 27.7 Å². The van der Waals surface area contributed by atoms with Crippen LogP contribution in [0.2, 0.25) is 0 Å². The maximum atomic E-state index is 13.5. The number of amides is 2. The van der Waals surface area contributed by atoms with Crippen molar-refractivity contribution in [2.75, 3.05) is 20.1 Å². The van der Waals surface area contributed by atoms with Gasteiger partial charge in [-0.05, 0) is 31.0 Å². The molecular formula is C14H18BrFN2O2. The molecule has 0 aliphatic heterocycles. The Hall–Kier alpha value is -1.43. The van der Waals surface area contributed by atoms with Crippen LogP contribution >= 0.6 is 15.9 Å². The molecule has 1 aromatic carbocycles. The van der Waals surface area contributed by atoms with Crippen LogP contribution in [0.25, 0.3) is 0 Å². The van der Waals surface area contributed by atoms with Crippen molar-refractivity contribution in [1.82, 2.24) is 10.2 Å². The van der Waals surface area contributed by atoms with Crippen LogP contribution in [0.4, 0.5) is 4.39 Å². The zero-order chi connectivity index (χ0) is 15.1. The minimum atomic E-state index is -0.339. The van der Waals surface area contributed by atoms with E-state index in [4.69, 9.17) is 0 Å². The van der Waals surface area contributed by atoms with Crippen molar-refractivity contribution in [3.63, 3.8) is 0 Å². The van der Waals surface area contributed by atoms with Gasteiger partial charge < -0.3 is 10.2 Å². The second kappa shape index (κ2) is 7.99. The lowest BCUT2D eigenvalue weighted by molar-refractivity contribution is -0.131. The van der Waals surface area contributed by atoms with Gasteiger partial charge in [-0.25, -0.2) is 4.39 Å². The molecule has 0 atom stereocenters. The number of halogens is 2. The third kappa shape index (κ3) is 5.28. The van der Waals surface area contributed by atoms with E-state index in [-0.39, 0.29) is 30.6 Å². The van der Waals surface area contributed by atoms with Gasteiger partial charge in [-0.1, -0.05) is 22.0 Å². The molecule has 0 saturated carbocycles. The molecule has 0 spiro atoms. The first-order chi connectivity index (χ1) is 9.43. The van der Waals surface area contributed by atoms with Crippen molar-refractivity contribution in [2.45, 2.75) is 19.8 Å². The van der Waals surface area contributed by atoms with Gasteiger partial charge in [0.25, 0.3) is 0 Å². The van der Waals surface area contributed by atoms with E-state index < -0.39 is 0 Å². The van der Waals surface area contributed by atoms with Crippen LogP contribution in [0, 0.1) is 5.82 Å². The summed E-state index contributed by atoms with van der Waals surface area (Å²) in [5.41, 5.74) is 0.486. The molecule has 2 amide bonds. The summed E-state index contributed by atoms with van der Waals surface area (Å²) >= 11 is 3.18. The van der Waals surface area contributed by atoms with Crippen molar-refractivity contribution < 1.29 is 14.0 Å². The normalized spacial score (nSPS) is 10.2. The molecule has 0 aliphatic carbocycles. The minimum Gasteiger partial charge on any atom is -0.347 e. The van der Waals surface area contributed by atoms with Gasteiger partial charge in [0.05, 0.1) is 6.54 Å². The van der Waals surface area contributed by atoms with Gasteiger partial charge in [0.2, 0.25) is 11.8 Å². The maximum absolute atomic E-state index is 13.5. The summed E-state index contributed by atoms with van der Waals surface area (Å²) in [6, 6.07) is 4.74. The highest BCUT2D eigenvalue weighted by molar-refractivity contribution is 9.10. The van der Waals surface area contributed by atoms with E-state index in [0.29, 0.717) is 23.0 Å². The monoisotopic (exact) mass is 344 g/mol. The highest BCUT2D eigenvalue weighted by Gasteiger charge is 2.10. The minimum absolute atomic E-state index is 0.0218. The number of aryl methyl sites for hydroxylation is 1. The van der Waals surface area contributed by atoms with E-state index in [1.807, 2.05) is 6.92 Å². The average Bonchev–Trinajstić information content (AvgIpc) is 2.42. The third-order valence-electron chi connectivity index (χ3n) is 2.97. The Morgan fingerprint density at radius 3 is 2.70 bits per heavy atom. The lowest BCUT2D eigenvalue weighted by Gasteiger charge is -2.14. The van der Waals surface area contributed by atoms with Gasteiger partial charge in [-0.2, -0.15) is 0 Å². The Balaban J connectivity index is 2.38. The summed E-state index contributed by atoms with van der Waals surface area (Å²) in [4.78, 5) is 24.6. The largest absolute Gasteiger partial charge is 0.347 e. The highest BCUT2D eigenvalue weighted by atomic mass is 79.9. The second-order valence-corrected chi connectivity index (χ2v) is 5.34. The van der Waals surface area contributed by atoms with Crippen LogP contribution in [0.5, 0.6) is 0 Å². The molecule has 20 heavy (non-hydrogen) atoms. The standard InChI is InChI=1S/C14H18BrFN2O2/c1-3-18(2)14(20)9-17-13(19)7-5-10-4-6-11(15)8-12(10)16/h4,6,8H,3,5,7,9H2,1-2H3,(H,17,19). The predicted molar refractivity (Wildman–Crippen MR) is 78.7 cm³/mol. The third-order valence-corrected chi connectivity index (χ3v) is 3.47. The Kier molecular flexibility index (Phi) is 6.64. The number of nitrogens with zero attached hydrogens (tertiary/aromatic N) is 1. The number of nitrogens with one attached hydrogen (secondary N) is 1. The highest BCUT2D eigenvalue weighted by Crippen LogP contribution is 2.16. The van der Waals surface area contributed by atoms with Crippen LogP contribution < -0.4 is 5.32 Å². The Morgan fingerprint density at radius 2 is 2.10 bits per heavy atom. The molecule has 4 nitrogen and oxygen atoms in total. The van der Waals surface area contributed by atoms with Gasteiger partial charge in [0.1, 0.15) is 5.82 Å². The smallest absolute Gasteiger partial charge is 0.241 e.